The lowest BCUT2D eigenvalue weighted by Crippen LogP contribution is -2.49. The summed E-state index contributed by atoms with van der Waals surface area (Å²) in [7, 11) is 0. The first-order valence-corrected chi connectivity index (χ1v) is 5.42. The molecule has 0 spiro atoms. The average molecular weight is 221 g/mol. The van der Waals surface area contributed by atoms with E-state index in [9.17, 15) is 4.79 Å². The Labute approximate surface area is 89.1 Å². The van der Waals surface area contributed by atoms with E-state index in [0.717, 1.165) is 12.8 Å². The molecule has 0 aromatic heterocycles. The van der Waals surface area contributed by atoms with Crippen LogP contribution in [0, 0.1) is 11.3 Å². The molecule has 1 nitrogen and oxygen atoms in total. The summed E-state index contributed by atoms with van der Waals surface area (Å²) >= 11 is 11.5. The van der Waals surface area contributed by atoms with E-state index in [1.165, 1.54) is 5.54 Å². The van der Waals surface area contributed by atoms with Crippen molar-refractivity contribution < 1.29 is 4.79 Å². The first-order chi connectivity index (χ1) is 6.12. The fourth-order valence-corrected chi connectivity index (χ4v) is 2.66. The molecule has 0 bridgehead atoms. The molecule has 74 valence electrons. The maximum atomic E-state index is 11.5. The Morgan fingerprint density at radius 1 is 1.62 bits per heavy atom. The van der Waals surface area contributed by atoms with Gasteiger partial charge in [0.1, 0.15) is 5.78 Å². The molecule has 1 unspecified atom stereocenters. The van der Waals surface area contributed by atoms with Crippen LogP contribution in [0.25, 0.3) is 0 Å². The molecule has 0 aliphatic heterocycles. The molecule has 0 saturated heterocycles. The van der Waals surface area contributed by atoms with Crippen molar-refractivity contribution in [3.05, 3.63) is 10.6 Å². The molecular formula is C10H14Cl2O. The summed E-state index contributed by atoms with van der Waals surface area (Å²) < 4.78 is 0. The van der Waals surface area contributed by atoms with Crippen molar-refractivity contribution in [3.63, 3.8) is 0 Å². The number of hydrogen-bond donors (Lipinski definition) is 0. The smallest absolute Gasteiger partial charge is 0.140 e. The Hall–Kier alpha value is -0.0100. The van der Waals surface area contributed by atoms with Gasteiger partial charge in [-0.3, -0.25) is 4.79 Å². The predicted octanol–water partition coefficient (Wildman–Crippen LogP) is 3.70. The fourth-order valence-electron chi connectivity index (χ4n) is 2.22. The molecule has 1 saturated carbocycles. The lowest BCUT2D eigenvalue weighted by atomic mass is 9.56. The molecule has 0 radical (unpaired) electrons. The molecule has 0 heterocycles. The highest BCUT2D eigenvalue weighted by molar-refractivity contribution is 6.37. The third-order valence-electron chi connectivity index (χ3n) is 3.31. The van der Waals surface area contributed by atoms with E-state index in [4.69, 9.17) is 23.2 Å². The molecule has 0 aromatic rings. The third kappa shape index (κ3) is 1.53. The maximum absolute atomic E-state index is 11.5. The monoisotopic (exact) mass is 220 g/mol. The van der Waals surface area contributed by atoms with Gasteiger partial charge >= 0.3 is 0 Å². The Bertz CT molecular complexity index is 241. The zero-order chi connectivity index (χ0) is 10.1. The van der Waals surface area contributed by atoms with Crippen LogP contribution in [-0.4, -0.2) is 5.78 Å². The minimum atomic E-state index is -0.220. The van der Waals surface area contributed by atoms with Crippen molar-refractivity contribution in [1.29, 1.82) is 0 Å². The Balaban J connectivity index is 2.87. The summed E-state index contributed by atoms with van der Waals surface area (Å²) in [5.74, 6) is 0.494. The summed E-state index contributed by atoms with van der Waals surface area (Å²) in [6, 6.07) is 0. The van der Waals surface area contributed by atoms with Gasteiger partial charge in [-0.1, -0.05) is 37.0 Å². The zero-order valence-corrected chi connectivity index (χ0v) is 9.45. The van der Waals surface area contributed by atoms with Crippen molar-refractivity contribution in [3.8, 4) is 0 Å². The molecule has 0 amide bonds. The highest BCUT2D eigenvalue weighted by Crippen LogP contribution is 2.53. The van der Waals surface area contributed by atoms with Gasteiger partial charge < -0.3 is 0 Å². The van der Waals surface area contributed by atoms with Crippen molar-refractivity contribution >= 4 is 29.0 Å². The molecule has 1 atom stereocenters. The topological polar surface area (TPSA) is 17.1 Å². The van der Waals surface area contributed by atoms with Crippen LogP contribution in [0.5, 0.6) is 0 Å². The van der Waals surface area contributed by atoms with Gasteiger partial charge in [-0.05, 0) is 12.8 Å². The van der Waals surface area contributed by atoms with Crippen molar-refractivity contribution in [2.24, 2.45) is 11.3 Å². The third-order valence-corrected chi connectivity index (χ3v) is 4.03. The second-order valence-electron chi connectivity index (χ2n) is 3.54. The molecular weight excluding hydrogens is 207 g/mol. The van der Waals surface area contributed by atoms with Gasteiger partial charge in [-0.15, -0.1) is 0 Å². The lowest BCUT2D eigenvalue weighted by Gasteiger charge is -2.46. The number of carbonyl (C=O) groups excluding carboxylic acids is 1. The maximum Gasteiger partial charge on any atom is 0.140 e. The quantitative estimate of drug-likeness (QED) is 0.710. The van der Waals surface area contributed by atoms with E-state index >= 15 is 0 Å². The van der Waals surface area contributed by atoms with E-state index in [1.807, 2.05) is 13.8 Å². The Morgan fingerprint density at radius 2 is 2.15 bits per heavy atom. The number of rotatable bonds is 3. The molecule has 0 N–H and O–H groups in total. The van der Waals surface area contributed by atoms with Gasteiger partial charge in [0.15, 0.2) is 0 Å². The molecule has 3 heteroatoms. The summed E-state index contributed by atoms with van der Waals surface area (Å²) in [6.07, 6.45) is 2.27. The summed E-state index contributed by atoms with van der Waals surface area (Å²) in [6.45, 7) is 4.07. The standard InChI is InChI=1S/C10H14Cl2O/c1-3-10(4-2)7(5-9(10)13)8(12)6-11/h6-7H,3-5H2,1-2H3/b8-6-. The largest absolute Gasteiger partial charge is 0.299 e. The van der Waals surface area contributed by atoms with E-state index in [1.54, 1.807) is 0 Å². The van der Waals surface area contributed by atoms with Crippen LogP contribution in [0.4, 0.5) is 0 Å². The highest BCUT2D eigenvalue weighted by atomic mass is 35.5. The molecule has 0 aromatic carbocycles. The SMILES string of the molecule is CCC1(CC)C(=O)CC1/C(Cl)=C/Cl. The Kier molecular flexibility index (Phi) is 3.42. The van der Waals surface area contributed by atoms with Crippen LogP contribution in [-0.2, 0) is 4.79 Å². The number of ketones is 1. The summed E-state index contributed by atoms with van der Waals surface area (Å²) in [5.41, 5.74) is 1.17. The van der Waals surface area contributed by atoms with Crippen molar-refractivity contribution in [2.75, 3.05) is 0 Å². The van der Waals surface area contributed by atoms with Crippen LogP contribution in [0.2, 0.25) is 0 Å². The number of allylic oxidation sites excluding steroid dienone is 1. The average Bonchev–Trinajstić information content (AvgIpc) is 2.15. The van der Waals surface area contributed by atoms with Crippen molar-refractivity contribution in [2.45, 2.75) is 33.1 Å². The molecule has 1 aliphatic rings. The lowest BCUT2D eigenvalue weighted by molar-refractivity contribution is -0.144. The molecule has 1 fully saturated rings. The van der Waals surface area contributed by atoms with Gasteiger partial charge in [0.2, 0.25) is 0 Å². The summed E-state index contributed by atoms with van der Waals surface area (Å²) in [5, 5.41) is 0.630. The van der Waals surface area contributed by atoms with E-state index in [-0.39, 0.29) is 11.3 Å². The fraction of sp³-hybridized carbons (Fsp3) is 0.700. The van der Waals surface area contributed by atoms with Crippen LogP contribution in [0.15, 0.2) is 10.6 Å². The molecule has 1 rings (SSSR count). The normalized spacial score (nSPS) is 27.2. The van der Waals surface area contributed by atoms with Crippen LogP contribution < -0.4 is 0 Å². The van der Waals surface area contributed by atoms with Crippen LogP contribution in [0.1, 0.15) is 33.1 Å². The molecule has 13 heavy (non-hydrogen) atoms. The van der Waals surface area contributed by atoms with Gasteiger partial charge in [-0.2, -0.15) is 0 Å². The Morgan fingerprint density at radius 3 is 2.46 bits per heavy atom. The van der Waals surface area contributed by atoms with Gasteiger partial charge in [0.05, 0.1) is 0 Å². The number of carbonyl (C=O) groups is 1. The number of halogens is 2. The zero-order valence-electron chi connectivity index (χ0n) is 7.94. The van der Waals surface area contributed by atoms with Gasteiger partial charge in [-0.25, -0.2) is 0 Å². The predicted molar refractivity (Wildman–Crippen MR) is 55.9 cm³/mol. The van der Waals surface area contributed by atoms with Gasteiger partial charge in [0.25, 0.3) is 0 Å². The number of Topliss-reactive ketones (excluding diaryl/α,β-unsaturated/α-hetero) is 1. The van der Waals surface area contributed by atoms with Crippen LogP contribution >= 0.6 is 23.2 Å². The first-order valence-electron chi connectivity index (χ1n) is 4.61. The first kappa shape index (κ1) is 11.1. The number of hydrogen-bond acceptors (Lipinski definition) is 1. The van der Waals surface area contributed by atoms with E-state index < -0.39 is 0 Å². The second-order valence-corrected chi connectivity index (χ2v) is 4.19. The second kappa shape index (κ2) is 4.02. The van der Waals surface area contributed by atoms with E-state index in [2.05, 4.69) is 0 Å². The minimum absolute atomic E-state index is 0.161. The minimum Gasteiger partial charge on any atom is -0.299 e. The summed E-state index contributed by atoms with van der Waals surface area (Å²) in [4.78, 5) is 11.5. The van der Waals surface area contributed by atoms with E-state index in [0.29, 0.717) is 17.2 Å². The van der Waals surface area contributed by atoms with Gasteiger partial charge in [0, 0.05) is 28.3 Å². The van der Waals surface area contributed by atoms with Crippen LogP contribution in [0.3, 0.4) is 0 Å². The highest BCUT2D eigenvalue weighted by Gasteiger charge is 2.52. The molecule has 1 aliphatic carbocycles. The van der Waals surface area contributed by atoms with Crippen molar-refractivity contribution in [1.82, 2.24) is 0 Å².